The highest BCUT2D eigenvalue weighted by Gasteiger charge is 2.17. The van der Waals surface area contributed by atoms with Crippen molar-refractivity contribution in [2.45, 2.75) is 6.92 Å². The van der Waals surface area contributed by atoms with Gasteiger partial charge in [-0.1, -0.05) is 34.1 Å². The highest BCUT2D eigenvalue weighted by atomic mass is 79.9. The Hall–Kier alpha value is -2.31. The summed E-state index contributed by atoms with van der Waals surface area (Å²) in [5.74, 6) is 0.497. The monoisotopic (exact) mass is 397 g/mol. The summed E-state index contributed by atoms with van der Waals surface area (Å²) >= 11 is 4.97. The number of nitrogens with one attached hydrogen (secondary N) is 1. The third kappa shape index (κ3) is 2.57. The molecule has 4 rings (SSSR count). The van der Waals surface area contributed by atoms with E-state index in [1.165, 1.54) is 11.3 Å². The molecular formula is C18H12BrN3OS. The lowest BCUT2D eigenvalue weighted by molar-refractivity contribution is 1.15. The predicted molar refractivity (Wildman–Crippen MR) is 101 cm³/mol. The van der Waals surface area contributed by atoms with Crippen molar-refractivity contribution in [1.29, 1.82) is 0 Å². The lowest BCUT2D eigenvalue weighted by atomic mass is 10.0. The molecule has 0 saturated heterocycles. The Labute approximate surface area is 150 Å². The molecule has 1 aromatic carbocycles. The number of rotatable bonds is 2. The summed E-state index contributed by atoms with van der Waals surface area (Å²) < 4.78 is 1.01. The van der Waals surface area contributed by atoms with Crippen LogP contribution >= 0.6 is 27.3 Å². The molecule has 0 spiro atoms. The maximum absolute atomic E-state index is 12.7. The van der Waals surface area contributed by atoms with Crippen molar-refractivity contribution in [3.05, 3.63) is 68.4 Å². The van der Waals surface area contributed by atoms with Gasteiger partial charge in [0.2, 0.25) is 0 Å². The maximum Gasteiger partial charge on any atom is 0.260 e. The second kappa shape index (κ2) is 5.96. The molecule has 4 nitrogen and oxygen atoms in total. The summed E-state index contributed by atoms with van der Waals surface area (Å²) in [6, 6.07) is 13.5. The second-order valence-corrected chi connectivity index (χ2v) is 7.47. The number of fused-ring (bicyclic) bond motifs is 1. The van der Waals surface area contributed by atoms with Gasteiger partial charge < -0.3 is 4.98 Å². The minimum absolute atomic E-state index is 0.136. The van der Waals surface area contributed by atoms with Gasteiger partial charge >= 0.3 is 0 Å². The number of pyridine rings is 1. The zero-order valence-corrected chi connectivity index (χ0v) is 15.1. The van der Waals surface area contributed by atoms with E-state index in [-0.39, 0.29) is 5.56 Å². The highest BCUT2D eigenvalue weighted by Crippen LogP contribution is 2.36. The van der Waals surface area contributed by atoms with Gasteiger partial charge in [0.15, 0.2) is 5.82 Å². The standard InChI is InChI=1S/C18H12BrN3OS/c1-10-14(11-5-7-12(19)8-6-11)15-17(23)21-16(22-18(15)24-10)13-4-2-3-9-20-13/h2-9H,1H3,(H,21,22,23). The first-order valence-corrected chi connectivity index (χ1v) is 8.95. The van der Waals surface area contributed by atoms with Crippen LogP contribution in [0.4, 0.5) is 0 Å². The fourth-order valence-electron chi connectivity index (χ4n) is 2.71. The van der Waals surface area contributed by atoms with Crippen LogP contribution in [0.15, 0.2) is 57.9 Å². The summed E-state index contributed by atoms with van der Waals surface area (Å²) in [5.41, 5.74) is 2.49. The van der Waals surface area contributed by atoms with Gasteiger partial charge in [-0.2, -0.15) is 0 Å². The lowest BCUT2D eigenvalue weighted by Gasteiger charge is -2.03. The molecule has 6 heteroatoms. The molecule has 3 heterocycles. The Morgan fingerprint density at radius 2 is 1.92 bits per heavy atom. The Morgan fingerprint density at radius 1 is 1.12 bits per heavy atom. The zero-order valence-electron chi connectivity index (χ0n) is 12.7. The molecule has 4 aromatic rings. The van der Waals surface area contributed by atoms with Gasteiger partial charge in [0.1, 0.15) is 10.5 Å². The number of thiophene rings is 1. The second-order valence-electron chi connectivity index (χ2n) is 5.35. The van der Waals surface area contributed by atoms with Crippen LogP contribution in [-0.2, 0) is 0 Å². The molecule has 0 atom stereocenters. The van der Waals surface area contributed by atoms with Crippen molar-refractivity contribution >= 4 is 37.5 Å². The SMILES string of the molecule is Cc1sc2nc(-c3ccccn3)[nH]c(=O)c2c1-c1ccc(Br)cc1. The van der Waals surface area contributed by atoms with Crippen LogP contribution in [-0.4, -0.2) is 15.0 Å². The fraction of sp³-hybridized carbons (Fsp3) is 0.0556. The van der Waals surface area contributed by atoms with Crippen LogP contribution in [0.1, 0.15) is 4.88 Å². The lowest BCUT2D eigenvalue weighted by Crippen LogP contribution is -2.09. The van der Waals surface area contributed by atoms with Gasteiger partial charge in [0.05, 0.1) is 5.39 Å². The van der Waals surface area contributed by atoms with Crippen LogP contribution < -0.4 is 5.56 Å². The maximum atomic E-state index is 12.7. The molecule has 0 radical (unpaired) electrons. The van der Waals surface area contributed by atoms with E-state index < -0.39 is 0 Å². The molecule has 0 bridgehead atoms. The van der Waals surface area contributed by atoms with Gasteiger partial charge in [-0.25, -0.2) is 4.98 Å². The molecule has 0 saturated carbocycles. The van der Waals surface area contributed by atoms with Crippen LogP contribution in [0.3, 0.4) is 0 Å². The van der Waals surface area contributed by atoms with Crippen LogP contribution in [0.5, 0.6) is 0 Å². The predicted octanol–water partition coefficient (Wildman–Crippen LogP) is 4.78. The van der Waals surface area contributed by atoms with Gasteiger partial charge in [0.25, 0.3) is 5.56 Å². The van der Waals surface area contributed by atoms with Crippen LogP contribution in [0, 0.1) is 6.92 Å². The molecule has 24 heavy (non-hydrogen) atoms. The molecule has 0 aliphatic rings. The number of aryl methyl sites for hydroxylation is 1. The number of benzene rings is 1. The largest absolute Gasteiger partial charge is 0.305 e. The van der Waals surface area contributed by atoms with Crippen molar-refractivity contribution in [2.24, 2.45) is 0 Å². The van der Waals surface area contributed by atoms with E-state index in [2.05, 4.69) is 30.9 Å². The fourth-order valence-corrected chi connectivity index (χ4v) is 4.02. The molecular weight excluding hydrogens is 386 g/mol. The smallest absolute Gasteiger partial charge is 0.260 e. The molecule has 0 unspecified atom stereocenters. The molecule has 0 aliphatic carbocycles. The number of aromatic nitrogens is 3. The summed E-state index contributed by atoms with van der Waals surface area (Å²) in [6.07, 6.45) is 1.69. The van der Waals surface area contributed by atoms with E-state index >= 15 is 0 Å². The van der Waals surface area contributed by atoms with Gasteiger partial charge in [0, 0.05) is 21.1 Å². The van der Waals surface area contributed by atoms with Crippen LogP contribution in [0.25, 0.3) is 32.9 Å². The van der Waals surface area contributed by atoms with E-state index in [1.807, 2.05) is 49.4 Å². The van der Waals surface area contributed by atoms with Crippen molar-refractivity contribution in [2.75, 3.05) is 0 Å². The number of halogens is 1. The first-order chi connectivity index (χ1) is 11.6. The first kappa shape index (κ1) is 15.2. The van der Waals surface area contributed by atoms with Gasteiger partial charge in [-0.15, -0.1) is 11.3 Å². The minimum Gasteiger partial charge on any atom is -0.305 e. The summed E-state index contributed by atoms with van der Waals surface area (Å²) in [6.45, 7) is 2.02. The number of hydrogen-bond donors (Lipinski definition) is 1. The van der Waals surface area contributed by atoms with Crippen molar-refractivity contribution in [3.63, 3.8) is 0 Å². The summed E-state index contributed by atoms with van der Waals surface area (Å²) in [4.78, 5) is 26.3. The van der Waals surface area contributed by atoms with Crippen LogP contribution in [0.2, 0.25) is 0 Å². The van der Waals surface area contributed by atoms with Gasteiger partial charge in [-0.05, 0) is 36.8 Å². The molecule has 0 fully saturated rings. The van der Waals surface area contributed by atoms with Crippen molar-refractivity contribution < 1.29 is 0 Å². The quantitative estimate of drug-likeness (QED) is 0.529. The molecule has 1 N–H and O–H groups in total. The third-order valence-corrected chi connectivity index (χ3v) is 5.31. The van der Waals surface area contributed by atoms with E-state index in [9.17, 15) is 4.79 Å². The number of hydrogen-bond acceptors (Lipinski definition) is 4. The number of H-pyrrole nitrogens is 1. The Morgan fingerprint density at radius 3 is 2.62 bits per heavy atom. The van der Waals surface area contributed by atoms with E-state index in [0.29, 0.717) is 16.9 Å². The number of aromatic amines is 1. The first-order valence-electron chi connectivity index (χ1n) is 7.34. The average Bonchev–Trinajstić information content (AvgIpc) is 2.93. The van der Waals surface area contributed by atoms with E-state index in [1.54, 1.807) is 6.20 Å². The third-order valence-electron chi connectivity index (χ3n) is 3.78. The van der Waals surface area contributed by atoms with E-state index in [4.69, 9.17) is 0 Å². The Bertz CT molecular complexity index is 1090. The average molecular weight is 398 g/mol. The zero-order chi connectivity index (χ0) is 16.7. The highest BCUT2D eigenvalue weighted by molar-refractivity contribution is 9.10. The Balaban J connectivity index is 1.97. The van der Waals surface area contributed by atoms with Gasteiger partial charge in [-0.3, -0.25) is 9.78 Å². The molecule has 0 amide bonds. The minimum atomic E-state index is -0.136. The Kier molecular flexibility index (Phi) is 3.78. The molecule has 3 aromatic heterocycles. The number of nitrogens with zero attached hydrogens (tertiary/aromatic N) is 2. The molecule has 0 aliphatic heterocycles. The van der Waals surface area contributed by atoms with E-state index in [0.717, 1.165) is 25.3 Å². The summed E-state index contributed by atoms with van der Waals surface area (Å²) in [5, 5.41) is 0.638. The topological polar surface area (TPSA) is 58.6 Å². The normalized spacial score (nSPS) is 11.1. The molecule has 118 valence electrons. The van der Waals surface area contributed by atoms with Crippen molar-refractivity contribution in [3.8, 4) is 22.6 Å². The summed E-state index contributed by atoms with van der Waals surface area (Å²) in [7, 11) is 0. The van der Waals surface area contributed by atoms with Crippen molar-refractivity contribution in [1.82, 2.24) is 15.0 Å².